The molecule has 0 saturated carbocycles. The first-order chi connectivity index (χ1) is 9.90. The SMILES string of the molecule is CCNC(=NCC(=O)OC(C)(C)C)NCCc1ccco1.I. The topological polar surface area (TPSA) is 75.9 Å². The Labute approximate surface area is 149 Å². The molecule has 0 aliphatic carbocycles. The van der Waals surface area contributed by atoms with E-state index in [1.165, 1.54) is 0 Å². The van der Waals surface area contributed by atoms with Crippen LogP contribution in [0.15, 0.2) is 27.8 Å². The van der Waals surface area contributed by atoms with Crippen LogP contribution in [0.3, 0.4) is 0 Å². The van der Waals surface area contributed by atoms with Gasteiger partial charge in [0, 0.05) is 19.5 Å². The highest BCUT2D eigenvalue weighted by Gasteiger charge is 2.15. The predicted molar refractivity (Wildman–Crippen MR) is 97.7 cm³/mol. The Morgan fingerprint density at radius 1 is 1.36 bits per heavy atom. The van der Waals surface area contributed by atoms with Crippen molar-refractivity contribution in [1.82, 2.24) is 10.6 Å². The number of hydrogen-bond acceptors (Lipinski definition) is 4. The van der Waals surface area contributed by atoms with Gasteiger partial charge in [0.1, 0.15) is 17.9 Å². The second-order valence-electron chi connectivity index (χ2n) is 5.54. The third-order valence-electron chi connectivity index (χ3n) is 2.37. The maximum absolute atomic E-state index is 11.6. The molecule has 0 saturated heterocycles. The molecule has 1 heterocycles. The molecule has 126 valence electrons. The van der Waals surface area contributed by atoms with Gasteiger partial charge in [-0.05, 0) is 39.8 Å². The molecule has 0 spiro atoms. The summed E-state index contributed by atoms with van der Waals surface area (Å²) in [6.07, 6.45) is 2.40. The first kappa shape index (κ1) is 20.8. The molecule has 1 aromatic heterocycles. The van der Waals surface area contributed by atoms with Crippen LogP contribution in [0.1, 0.15) is 33.5 Å². The number of nitrogens with one attached hydrogen (secondary N) is 2. The highest BCUT2D eigenvalue weighted by molar-refractivity contribution is 14.0. The number of ether oxygens (including phenoxy) is 1. The molecule has 0 aromatic carbocycles. The molecule has 1 rings (SSSR count). The van der Waals surface area contributed by atoms with Gasteiger partial charge in [0.2, 0.25) is 0 Å². The van der Waals surface area contributed by atoms with Crippen LogP contribution in [0.2, 0.25) is 0 Å². The Hall–Kier alpha value is -1.25. The van der Waals surface area contributed by atoms with E-state index >= 15 is 0 Å². The van der Waals surface area contributed by atoms with Gasteiger partial charge in [-0.1, -0.05) is 0 Å². The van der Waals surface area contributed by atoms with E-state index in [1.54, 1.807) is 6.26 Å². The van der Waals surface area contributed by atoms with E-state index in [0.29, 0.717) is 12.5 Å². The van der Waals surface area contributed by atoms with Crippen molar-refractivity contribution in [3.8, 4) is 0 Å². The number of rotatable bonds is 6. The fourth-order valence-corrected chi connectivity index (χ4v) is 1.62. The normalized spacial score (nSPS) is 11.5. The standard InChI is InChI=1S/C15H25N3O3.HI/c1-5-16-14(17-9-8-12-7-6-10-20-12)18-11-13(19)21-15(2,3)4;/h6-7,10H,5,8-9,11H2,1-4H3,(H2,16,17,18);1H. The molecule has 0 fully saturated rings. The number of halogens is 1. The summed E-state index contributed by atoms with van der Waals surface area (Å²) in [5.41, 5.74) is -0.488. The van der Waals surface area contributed by atoms with E-state index in [-0.39, 0.29) is 36.5 Å². The lowest BCUT2D eigenvalue weighted by Gasteiger charge is -2.19. The number of hydrogen-bond donors (Lipinski definition) is 2. The van der Waals surface area contributed by atoms with Crippen molar-refractivity contribution in [3.05, 3.63) is 24.2 Å². The van der Waals surface area contributed by atoms with Crippen molar-refractivity contribution < 1.29 is 13.9 Å². The number of carbonyl (C=O) groups excluding carboxylic acids is 1. The minimum Gasteiger partial charge on any atom is -0.469 e. The average Bonchev–Trinajstić information content (AvgIpc) is 2.87. The number of guanidine groups is 1. The third kappa shape index (κ3) is 9.64. The summed E-state index contributed by atoms with van der Waals surface area (Å²) < 4.78 is 10.5. The molecule has 1 aromatic rings. The van der Waals surface area contributed by atoms with Gasteiger partial charge in [-0.15, -0.1) is 24.0 Å². The first-order valence-electron chi connectivity index (χ1n) is 7.17. The van der Waals surface area contributed by atoms with E-state index in [2.05, 4.69) is 15.6 Å². The third-order valence-corrected chi connectivity index (χ3v) is 2.37. The zero-order valence-electron chi connectivity index (χ0n) is 13.6. The molecule has 0 radical (unpaired) electrons. The van der Waals surface area contributed by atoms with Crippen LogP contribution in [-0.2, 0) is 16.0 Å². The molecule has 0 atom stereocenters. The summed E-state index contributed by atoms with van der Waals surface area (Å²) in [7, 11) is 0. The number of nitrogens with zero attached hydrogens (tertiary/aromatic N) is 1. The van der Waals surface area contributed by atoms with Gasteiger partial charge in [0.25, 0.3) is 0 Å². The molecule has 6 nitrogen and oxygen atoms in total. The lowest BCUT2D eigenvalue weighted by molar-refractivity contribution is -0.152. The summed E-state index contributed by atoms with van der Waals surface area (Å²) in [5.74, 6) is 1.16. The molecule has 0 aliphatic heterocycles. The smallest absolute Gasteiger partial charge is 0.328 e. The molecule has 0 aliphatic rings. The maximum Gasteiger partial charge on any atom is 0.328 e. The summed E-state index contributed by atoms with van der Waals surface area (Å²) in [5, 5.41) is 6.23. The molecule has 2 N–H and O–H groups in total. The minimum absolute atomic E-state index is 0. The van der Waals surface area contributed by atoms with Gasteiger partial charge in [-0.2, -0.15) is 0 Å². The van der Waals surface area contributed by atoms with Crippen molar-refractivity contribution in [2.45, 2.75) is 39.7 Å². The number of carbonyl (C=O) groups is 1. The number of furan rings is 1. The molecule has 0 amide bonds. The van der Waals surface area contributed by atoms with E-state index in [1.807, 2.05) is 39.8 Å². The fourth-order valence-electron chi connectivity index (χ4n) is 1.62. The number of esters is 1. The summed E-state index contributed by atoms with van der Waals surface area (Å²) in [6, 6.07) is 3.78. The quantitative estimate of drug-likeness (QED) is 0.318. The summed E-state index contributed by atoms with van der Waals surface area (Å²) in [4.78, 5) is 15.8. The lowest BCUT2D eigenvalue weighted by Crippen LogP contribution is -2.39. The van der Waals surface area contributed by atoms with Crippen LogP contribution < -0.4 is 10.6 Å². The zero-order valence-corrected chi connectivity index (χ0v) is 16.0. The van der Waals surface area contributed by atoms with Gasteiger partial charge < -0.3 is 19.8 Å². The van der Waals surface area contributed by atoms with E-state index in [9.17, 15) is 4.79 Å². The van der Waals surface area contributed by atoms with Gasteiger partial charge in [0.05, 0.1) is 6.26 Å². The van der Waals surface area contributed by atoms with E-state index in [4.69, 9.17) is 9.15 Å². The summed E-state index contributed by atoms with van der Waals surface area (Å²) >= 11 is 0. The van der Waals surface area contributed by atoms with Crippen LogP contribution in [0.4, 0.5) is 0 Å². The van der Waals surface area contributed by atoms with Crippen LogP contribution in [0.25, 0.3) is 0 Å². The molecule has 7 heteroatoms. The highest BCUT2D eigenvalue weighted by atomic mass is 127. The highest BCUT2D eigenvalue weighted by Crippen LogP contribution is 2.06. The van der Waals surface area contributed by atoms with Gasteiger partial charge in [0.15, 0.2) is 5.96 Å². The van der Waals surface area contributed by atoms with Crippen LogP contribution in [-0.4, -0.2) is 37.2 Å². The molecule has 22 heavy (non-hydrogen) atoms. The monoisotopic (exact) mass is 423 g/mol. The molecular weight excluding hydrogens is 397 g/mol. The molecular formula is C15H26IN3O3. The Kier molecular flexibility index (Phi) is 9.88. The Bertz CT molecular complexity index is 453. The largest absolute Gasteiger partial charge is 0.469 e. The van der Waals surface area contributed by atoms with Crippen LogP contribution in [0, 0.1) is 0 Å². The average molecular weight is 423 g/mol. The predicted octanol–water partition coefficient (Wildman–Crippen LogP) is 2.34. The fraction of sp³-hybridized carbons (Fsp3) is 0.600. The van der Waals surface area contributed by atoms with E-state index < -0.39 is 5.60 Å². The first-order valence-corrected chi connectivity index (χ1v) is 7.17. The molecule has 0 unspecified atom stereocenters. The second-order valence-corrected chi connectivity index (χ2v) is 5.54. The number of aliphatic imine (C=N–C) groups is 1. The van der Waals surface area contributed by atoms with Gasteiger partial charge in [-0.3, -0.25) is 4.79 Å². The van der Waals surface area contributed by atoms with E-state index in [0.717, 1.165) is 18.7 Å². The second kappa shape index (κ2) is 10.5. The van der Waals surface area contributed by atoms with Crippen molar-refractivity contribution in [3.63, 3.8) is 0 Å². The van der Waals surface area contributed by atoms with Crippen LogP contribution in [0.5, 0.6) is 0 Å². The Morgan fingerprint density at radius 3 is 2.64 bits per heavy atom. The zero-order chi connectivity index (χ0) is 15.7. The van der Waals surface area contributed by atoms with Crippen LogP contribution >= 0.6 is 24.0 Å². The van der Waals surface area contributed by atoms with Crippen molar-refractivity contribution in [2.75, 3.05) is 19.6 Å². The Balaban J connectivity index is 0.00000441. The van der Waals surface area contributed by atoms with Crippen molar-refractivity contribution in [2.24, 2.45) is 4.99 Å². The lowest BCUT2D eigenvalue weighted by atomic mass is 10.2. The van der Waals surface area contributed by atoms with Crippen molar-refractivity contribution in [1.29, 1.82) is 0 Å². The maximum atomic E-state index is 11.6. The summed E-state index contributed by atoms with van der Waals surface area (Å²) in [6.45, 7) is 8.86. The van der Waals surface area contributed by atoms with Crippen molar-refractivity contribution >= 4 is 35.9 Å². The Morgan fingerprint density at radius 2 is 2.09 bits per heavy atom. The van der Waals surface area contributed by atoms with Gasteiger partial charge >= 0.3 is 5.97 Å². The minimum atomic E-state index is -0.488. The van der Waals surface area contributed by atoms with Gasteiger partial charge in [-0.25, -0.2) is 4.99 Å². The molecule has 0 bridgehead atoms.